The van der Waals surface area contributed by atoms with Gasteiger partial charge in [0, 0.05) is 12.0 Å². The molecule has 4 nitrogen and oxygen atoms in total. The van der Waals surface area contributed by atoms with Gasteiger partial charge in [0.25, 0.3) is 0 Å². The lowest BCUT2D eigenvalue weighted by Crippen LogP contribution is -2.35. The third kappa shape index (κ3) is 2.25. The molecule has 0 fully saturated rings. The molecule has 0 aromatic heterocycles. The van der Waals surface area contributed by atoms with Gasteiger partial charge in [-0.05, 0) is 25.5 Å². The van der Waals surface area contributed by atoms with E-state index in [4.69, 9.17) is 0 Å². The van der Waals surface area contributed by atoms with Crippen LogP contribution in [-0.2, 0) is 9.59 Å². The first-order chi connectivity index (χ1) is 8.09. The number of Topliss-reactive ketones (excluding diaryl/α,β-unsaturated/α-hetero) is 2. The fraction of sp³-hybridized carbons (Fsp3) is 0.308. The molecule has 1 amide bonds. The third-order valence-electron chi connectivity index (χ3n) is 2.87. The number of anilines is 1. The standard InChI is InChI=1S/C13H13NO3/c1-8(15)6-7-10-12(16)9-4-2-3-5-11(9)14-13(10)17/h2-5,10H,6-7H2,1H3,(H,14,17). The molecular weight excluding hydrogens is 218 g/mol. The SMILES string of the molecule is CC(=O)CCC1C(=O)Nc2ccccc2C1=O. The number of para-hydroxylation sites is 1. The molecule has 4 heteroatoms. The molecule has 0 spiro atoms. The molecule has 0 radical (unpaired) electrons. The largest absolute Gasteiger partial charge is 0.325 e. The molecular formula is C13H13NO3. The zero-order chi connectivity index (χ0) is 12.4. The summed E-state index contributed by atoms with van der Waals surface area (Å²) in [5.74, 6) is -1.24. The van der Waals surface area contributed by atoms with E-state index in [9.17, 15) is 14.4 Å². The number of benzene rings is 1. The highest BCUT2D eigenvalue weighted by molar-refractivity contribution is 6.20. The molecule has 1 unspecified atom stereocenters. The van der Waals surface area contributed by atoms with Crippen molar-refractivity contribution in [2.24, 2.45) is 5.92 Å². The predicted molar refractivity (Wildman–Crippen MR) is 62.8 cm³/mol. The second-order valence-corrected chi connectivity index (χ2v) is 4.19. The first-order valence-electron chi connectivity index (χ1n) is 5.53. The molecule has 0 saturated carbocycles. The van der Waals surface area contributed by atoms with E-state index in [1.54, 1.807) is 24.3 Å². The molecule has 2 rings (SSSR count). The van der Waals surface area contributed by atoms with Gasteiger partial charge in [-0.3, -0.25) is 9.59 Å². The van der Waals surface area contributed by atoms with Gasteiger partial charge >= 0.3 is 0 Å². The van der Waals surface area contributed by atoms with Crippen molar-refractivity contribution in [2.75, 3.05) is 5.32 Å². The number of nitrogens with one attached hydrogen (secondary N) is 1. The molecule has 1 aromatic carbocycles. The van der Waals surface area contributed by atoms with E-state index < -0.39 is 5.92 Å². The molecule has 1 atom stereocenters. The van der Waals surface area contributed by atoms with Crippen LogP contribution < -0.4 is 5.32 Å². The number of ketones is 2. The highest BCUT2D eigenvalue weighted by Crippen LogP contribution is 2.27. The van der Waals surface area contributed by atoms with Gasteiger partial charge in [-0.25, -0.2) is 0 Å². The Balaban J connectivity index is 2.24. The van der Waals surface area contributed by atoms with Crippen LogP contribution in [0.25, 0.3) is 0 Å². The van der Waals surface area contributed by atoms with E-state index in [-0.39, 0.29) is 30.3 Å². The minimum atomic E-state index is -0.728. The van der Waals surface area contributed by atoms with Gasteiger partial charge in [-0.2, -0.15) is 0 Å². The van der Waals surface area contributed by atoms with Crippen molar-refractivity contribution >= 4 is 23.2 Å². The first-order valence-corrected chi connectivity index (χ1v) is 5.53. The van der Waals surface area contributed by atoms with Crippen molar-refractivity contribution in [1.82, 2.24) is 0 Å². The van der Waals surface area contributed by atoms with Crippen LogP contribution >= 0.6 is 0 Å². The Morgan fingerprint density at radius 1 is 1.29 bits per heavy atom. The van der Waals surface area contributed by atoms with E-state index in [1.807, 2.05) is 0 Å². The topological polar surface area (TPSA) is 63.2 Å². The molecule has 1 heterocycles. The molecule has 1 aromatic rings. The summed E-state index contributed by atoms with van der Waals surface area (Å²) in [5, 5.41) is 2.69. The Kier molecular flexibility index (Phi) is 3.04. The van der Waals surface area contributed by atoms with Gasteiger partial charge in [0.2, 0.25) is 5.91 Å². The summed E-state index contributed by atoms with van der Waals surface area (Å²) in [6.45, 7) is 1.46. The smallest absolute Gasteiger partial charge is 0.235 e. The van der Waals surface area contributed by atoms with Crippen molar-refractivity contribution in [3.63, 3.8) is 0 Å². The second kappa shape index (κ2) is 4.49. The second-order valence-electron chi connectivity index (χ2n) is 4.19. The van der Waals surface area contributed by atoms with Crippen LogP contribution in [0.15, 0.2) is 24.3 Å². The lowest BCUT2D eigenvalue weighted by molar-refractivity contribution is -0.119. The van der Waals surface area contributed by atoms with Crippen LogP contribution in [-0.4, -0.2) is 17.5 Å². The number of fused-ring (bicyclic) bond motifs is 1. The maximum absolute atomic E-state index is 12.1. The van der Waals surface area contributed by atoms with Gasteiger partial charge in [0.1, 0.15) is 11.7 Å². The van der Waals surface area contributed by atoms with Gasteiger partial charge in [0.15, 0.2) is 5.78 Å². The third-order valence-corrected chi connectivity index (χ3v) is 2.87. The minimum absolute atomic E-state index is 0.00976. The van der Waals surface area contributed by atoms with Gasteiger partial charge in [0.05, 0.1) is 5.69 Å². The fourth-order valence-corrected chi connectivity index (χ4v) is 1.94. The van der Waals surface area contributed by atoms with E-state index >= 15 is 0 Å². The quantitative estimate of drug-likeness (QED) is 0.807. The average Bonchev–Trinajstić information content (AvgIpc) is 2.28. The van der Waals surface area contributed by atoms with Crippen LogP contribution in [0.1, 0.15) is 30.1 Å². The Hall–Kier alpha value is -1.97. The lowest BCUT2D eigenvalue weighted by atomic mass is 9.88. The monoisotopic (exact) mass is 231 g/mol. The van der Waals surface area contributed by atoms with Crippen molar-refractivity contribution < 1.29 is 14.4 Å². The molecule has 0 saturated heterocycles. The molecule has 1 aliphatic heterocycles. The van der Waals surface area contributed by atoms with Crippen LogP contribution in [0, 0.1) is 5.92 Å². The average molecular weight is 231 g/mol. The van der Waals surface area contributed by atoms with Crippen molar-refractivity contribution in [2.45, 2.75) is 19.8 Å². The number of rotatable bonds is 3. The Morgan fingerprint density at radius 2 is 2.00 bits per heavy atom. The van der Waals surface area contributed by atoms with E-state index in [0.717, 1.165) is 0 Å². The zero-order valence-corrected chi connectivity index (χ0v) is 9.53. The Bertz CT molecular complexity index is 493. The fourth-order valence-electron chi connectivity index (χ4n) is 1.94. The molecule has 88 valence electrons. The van der Waals surface area contributed by atoms with Gasteiger partial charge in [-0.15, -0.1) is 0 Å². The van der Waals surface area contributed by atoms with Crippen molar-refractivity contribution in [1.29, 1.82) is 0 Å². The maximum atomic E-state index is 12.1. The number of carbonyl (C=O) groups is 3. The highest BCUT2D eigenvalue weighted by atomic mass is 16.2. The van der Waals surface area contributed by atoms with E-state index in [0.29, 0.717) is 11.3 Å². The molecule has 0 bridgehead atoms. The van der Waals surface area contributed by atoms with Crippen LogP contribution in [0.5, 0.6) is 0 Å². The van der Waals surface area contributed by atoms with Crippen molar-refractivity contribution in [3.8, 4) is 0 Å². The zero-order valence-electron chi connectivity index (χ0n) is 9.53. The summed E-state index contributed by atoms with van der Waals surface area (Å²) in [6.07, 6.45) is 0.542. The molecule has 1 aliphatic rings. The Morgan fingerprint density at radius 3 is 2.71 bits per heavy atom. The Labute approximate surface area is 99.0 Å². The number of amides is 1. The van der Waals surface area contributed by atoms with Gasteiger partial charge in [-0.1, -0.05) is 12.1 Å². The number of hydrogen-bond acceptors (Lipinski definition) is 3. The molecule has 1 N–H and O–H groups in total. The predicted octanol–water partition coefficient (Wildman–Crippen LogP) is 1.81. The summed E-state index contributed by atoms with van der Waals surface area (Å²) >= 11 is 0. The van der Waals surface area contributed by atoms with Crippen molar-refractivity contribution in [3.05, 3.63) is 29.8 Å². The van der Waals surface area contributed by atoms with Crippen LogP contribution in [0.3, 0.4) is 0 Å². The summed E-state index contributed by atoms with van der Waals surface area (Å²) in [7, 11) is 0. The lowest BCUT2D eigenvalue weighted by Gasteiger charge is -2.22. The van der Waals surface area contributed by atoms with E-state index in [2.05, 4.69) is 5.32 Å². The summed E-state index contributed by atoms with van der Waals surface area (Å²) in [4.78, 5) is 34.7. The first kappa shape index (κ1) is 11.5. The van der Waals surface area contributed by atoms with E-state index in [1.165, 1.54) is 6.92 Å². The highest BCUT2D eigenvalue weighted by Gasteiger charge is 2.33. The molecule has 17 heavy (non-hydrogen) atoms. The number of carbonyl (C=O) groups excluding carboxylic acids is 3. The number of hydrogen-bond donors (Lipinski definition) is 1. The molecule has 0 aliphatic carbocycles. The maximum Gasteiger partial charge on any atom is 0.235 e. The normalized spacial score (nSPS) is 18.5. The summed E-state index contributed by atoms with van der Waals surface area (Å²) in [5.41, 5.74) is 1.09. The van der Waals surface area contributed by atoms with Crippen LogP contribution in [0.4, 0.5) is 5.69 Å². The minimum Gasteiger partial charge on any atom is -0.325 e. The summed E-state index contributed by atoms with van der Waals surface area (Å²) in [6, 6.07) is 6.92. The summed E-state index contributed by atoms with van der Waals surface area (Å²) < 4.78 is 0. The van der Waals surface area contributed by atoms with Gasteiger partial charge < -0.3 is 10.1 Å². The van der Waals surface area contributed by atoms with Crippen LogP contribution in [0.2, 0.25) is 0 Å².